The van der Waals surface area contributed by atoms with Crippen LogP contribution in [0.4, 0.5) is 4.39 Å². The second-order valence-electron chi connectivity index (χ2n) is 5.88. The van der Waals surface area contributed by atoms with Crippen molar-refractivity contribution in [2.24, 2.45) is 0 Å². The molecule has 1 heterocycles. The highest BCUT2D eigenvalue weighted by molar-refractivity contribution is 5.82. The summed E-state index contributed by atoms with van der Waals surface area (Å²) in [6.45, 7) is 6.66. The van der Waals surface area contributed by atoms with Crippen molar-refractivity contribution in [3.63, 3.8) is 0 Å². The summed E-state index contributed by atoms with van der Waals surface area (Å²) >= 11 is 0. The maximum Gasteiger partial charge on any atom is 0.132 e. The summed E-state index contributed by atoms with van der Waals surface area (Å²) in [6, 6.07) is 15.3. The van der Waals surface area contributed by atoms with Gasteiger partial charge in [0.2, 0.25) is 0 Å². The minimum Gasteiger partial charge on any atom is -0.487 e. The topological polar surface area (TPSA) is 14.2 Å². The first kappa shape index (κ1) is 14.6. The van der Waals surface area contributed by atoms with Crippen LogP contribution in [-0.2, 0) is 6.61 Å². The van der Waals surface area contributed by atoms with E-state index >= 15 is 0 Å². The Morgan fingerprint density at radius 3 is 2.59 bits per heavy atom. The van der Waals surface area contributed by atoms with Crippen molar-refractivity contribution in [2.75, 3.05) is 0 Å². The van der Waals surface area contributed by atoms with Crippen molar-refractivity contribution in [3.05, 3.63) is 65.6 Å². The van der Waals surface area contributed by atoms with Crippen molar-refractivity contribution in [2.45, 2.75) is 33.4 Å². The van der Waals surface area contributed by atoms with Crippen LogP contribution >= 0.6 is 0 Å². The van der Waals surface area contributed by atoms with Crippen molar-refractivity contribution in [3.8, 4) is 5.75 Å². The lowest BCUT2D eigenvalue weighted by Gasteiger charge is -2.15. The molecule has 0 unspecified atom stereocenters. The first-order valence-corrected chi connectivity index (χ1v) is 7.54. The van der Waals surface area contributed by atoms with E-state index in [4.69, 9.17) is 4.74 Å². The average molecular weight is 297 g/mol. The lowest BCUT2D eigenvalue weighted by Crippen LogP contribution is -2.08. The van der Waals surface area contributed by atoms with Gasteiger partial charge in [-0.1, -0.05) is 18.2 Å². The molecule has 3 heteroatoms. The number of nitrogens with zero attached hydrogens (tertiary/aromatic N) is 1. The molecule has 2 aromatic carbocycles. The number of fused-ring (bicyclic) bond motifs is 1. The van der Waals surface area contributed by atoms with Crippen molar-refractivity contribution < 1.29 is 9.13 Å². The normalized spacial score (nSPS) is 11.3. The monoisotopic (exact) mass is 297 g/mol. The molecular weight excluding hydrogens is 277 g/mol. The molecular formula is C19H20FNO. The number of rotatable bonds is 4. The Labute approximate surface area is 130 Å². The number of halogens is 1. The molecule has 0 saturated heterocycles. The molecule has 114 valence electrons. The van der Waals surface area contributed by atoms with Gasteiger partial charge in [-0.15, -0.1) is 0 Å². The van der Waals surface area contributed by atoms with Crippen LogP contribution in [0.15, 0.2) is 48.5 Å². The highest BCUT2D eigenvalue weighted by Gasteiger charge is 2.14. The standard InChI is InChI=1S/C19H20FNO/c1-13(2)21-15(11-17-18(20)8-5-9-19(17)21)12-22-16-7-4-6-14(3)10-16/h4-11,13H,12H2,1-3H3. The van der Waals surface area contributed by atoms with E-state index in [1.807, 2.05) is 43.3 Å². The molecule has 3 rings (SSSR count). The summed E-state index contributed by atoms with van der Waals surface area (Å²) in [5.41, 5.74) is 3.06. The van der Waals surface area contributed by atoms with Gasteiger partial charge in [0.25, 0.3) is 0 Å². The Bertz CT molecular complexity index is 804. The number of ether oxygens (including phenoxy) is 1. The van der Waals surface area contributed by atoms with E-state index in [0.717, 1.165) is 22.5 Å². The lowest BCUT2D eigenvalue weighted by molar-refractivity contribution is 0.293. The van der Waals surface area contributed by atoms with E-state index in [-0.39, 0.29) is 11.9 Å². The second-order valence-corrected chi connectivity index (χ2v) is 5.88. The summed E-state index contributed by atoms with van der Waals surface area (Å²) in [6.07, 6.45) is 0. The van der Waals surface area contributed by atoms with Gasteiger partial charge < -0.3 is 9.30 Å². The van der Waals surface area contributed by atoms with Gasteiger partial charge in [0, 0.05) is 11.4 Å². The summed E-state index contributed by atoms with van der Waals surface area (Å²) in [5, 5.41) is 0.652. The van der Waals surface area contributed by atoms with Crippen molar-refractivity contribution >= 4 is 10.9 Å². The first-order chi connectivity index (χ1) is 10.6. The van der Waals surface area contributed by atoms with Gasteiger partial charge in [-0.2, -0.15) is 0 Å². The van der Waals surface area contributed by atoms with Crippen LogP contribution in [0.2, 0.25) is 0 Å². The fourth-order valence-corrected chi connectivity index (χ4v) is 2.85. The summed E-state index contributed by atoms with van der Waals surface area (Å²) < 4.78 is 22.0. The third-order valence-electron chi connectivity index (χ3n) is 3.80. The van der Waals surface area contributed by atoms with Crippen LogP contribution in [0.1, 0.15) is 31.1 Å². The quantitative estimate of drug-likeness (QED) is 0.641. The molecule has 0 N–H and O–H groups in total. The Morgan fingerprint density at radius 2 is 1.86 bits per heavy atom. The third-order valence-corrected chi connectivity index (χ3v) is 3.80. The Balaban J connectivity index is 1.96. The number of aromatic nitrogens is 1. The molecule has 22 heavy (non-hydrogen) atoms. The Hall–Kier alpha value is -2.29. The minimum absolute atomic E-state index is 0.186. The maximum atomic E-state index is 14.0. The van der Waals surface area contributed by atoms with Gasteiger partial charge in [0.1, 0.15) is 18.2 Å². The van der Waals surface area contributed by atoms with Gasteiger partial charge in [-0.3, -0.25) is 0 Å². The molecule has 0 bridgehead atoms. The van der Waals surface area contributed by atoms with Gasteiger partial charge in [-0.25, -0.2) is 4.39 Å². The SMILES string of the molecule is Cc1cccc(OCc2cc3c(F)cccc3n2C(C)C)c1. The predicted molar refractivity (Wildman–Crippen MR) is 87.8 cm³/mol. The van der Waals surface area contributed by atoms with E-state index in [1.54, 1.807) is 6.07 Å². The Morgan fingerprint density at radius 1 is 1.09 bits per heavy atom. The van der Waals surface area contributed by atoms with E-state index in [2.05, 4.69) is 18.4 Å². The highest BCUT2D eigenvalue weighted by atomic mass is 19.1. The number of hydrogen-bond acceptors (Lipinski definition) is 1. The molecule has 0 aliphatic carbocycles. The van der Waals surface area contributed by atoms with Crippen molar-refractivity contribution in [1.82, 2.24) is 4.57 Å². The summed E-state index contributed by atoms with van der Waals surface area (Å²) in [5.74, 6) is 0.648. The fourth-order valence-electron chi connectivity index (χ4n) is 2.85. The van der Waals surface area contributed by atoms with E-state index in [1.165, 1.54) is 6.07 Å². The zero-order chi connectivity index (χ0) is 15.7. The first-order valence-electron chi connectivity index (χ1n) is 7.54. The van der Waals surface area contributed by atoms with Crippen LogP contribution < -0.4 is 4.74 Å². The number of hydrogen-bond donors (Lipinski definition) is 0. The average Bonchev–Trinajstić information content (AvgIpc) is 2.85. The third kappa shape index (κ3) is 2.71. The van der Waals surface area contributed by atoms with Gasteiger partial charge in [-0.05, 0) is 56.7 Å². The molecule has 3 aromatic rings. The molecule has 1 aromatic heterocycles. The largest absolute Gasteiger partial charge is 0.487 e. The molecule has 0 amide bonds. The van der Waals surface area contributed by atoms with Crippen LogP contribution in [0, 0.1) is 12.7 Å². The summed E-state index contributed by atoms with van der Waals surface area (Å²) in [4.78, 5) is 0. The molecule has 0 atom stereocenters. The number of benzene rings is 2. The summed E-state index contributed by atoms with van der Waals surface area (Å²) in [7, 11) is 0. The second kappa shape index (κ2) is 5.84. The van der Waals surface area contributed by atoms with E-state index < -0.39 is 0 Å². The molecule has 0 radical (unpaired) electrons. The van der Waals surface area contributed by atoms with Crippen LogP contribution in [0.25, 0.3) is 10.9 Å². The molecule has 0 aliphatic rings. The molecule has 0 saturated carbocycles. The van der Waals surface area contributed by atoms with Crippen LogP contribution in [-0.4, -0.2) is 4.57 Å². The van der Waals surface area contributed by atoms with Crippen LogP contribution in [0.5, 0.6) is 5.75 Å². The highest BCUT2D eigenvalue weighted by Crippen LogP contribution is 2.27. The smallest absolute Gasteiger partial charge is 0.132 e. The molecule has 0 spiro atoms. The molecule has 2 nitrogen and oxygen atoms in total. The van der Waals surface area contributed by atoms with E-state index in [0.29, 0.717) is 12.0 Å². The zero-order valence-corrected chi connectivity index (χ0v) is 13.1. The van der Waals surface area contributed by atoms with Crippen LogP contribution in [0.3, 0.4) is 0 Å². The fraction of sp³-hybridized carbons (Fsp3) is 0.263. The minimum atomic E-state index is -0.186. The van der Waals surface area contributed by atoms with Gasteiger partial charge in [0.05, 0.1) is 11.2 Å². The molecule has 0 aliphatic heterocycles. The number of aryl methyl sites for hydroxylation is 1. The zero-order valence-electron chi connectivity index (χ0n) is 13.1. The lowest BCUT2D eigenvalue weighted by atomic mass is 10.2. The van der Waals surface area contributed by atoms with Gasteiger partial charge in [0.15, 0.2) is 0 Å². The van der Waals surface area contributed by atoms with Crippen molar-refractivity contribution in [1.29, 1.82) is 0 Å². The van der Waals surface area contributed by atoms with E-state index in [9.17, 15) is 4.39 Å². The predicted octanol–water partition coefficient (Wildman–Crippen LogP) is 5.25. The Kier molecular flexibility index (Phi) is 3.88. The maximum absolute atomic E-state index is 14.0. The molecule has 0 fully saturated rings. The van der Waals surface area contributed by atoms with Gasteiger partial charge >= 0.3 is 0 Å².